The second kappa shape index (κ2) is 12.6. The lowest BCUT2D eigenvalue weighted by atomic mass is 9.87. The van der Waals surface area contributed by atoms with Crippen LogP contribution in [-0.2, 0) is 24.8 Å². The van der Waals surface area contributed by atoms with Gasteiger partial charge in [-0.15, -0.1) is 0 Å². The summed E-state index contributed by atoms with van der Waals surface area (Å²) in [4.78, 5) is 32.5. The Morgan fingerprint density at radius 2 is 1.84 bits per heavy atom. The first-order valence-electron chi connectivity index (χ1n) is 14.9. The number of nitrogens with one attached hydrogen (secondary N) is 2. The Bertz CT molecular complexity index is 1530. The molecule has 3 aromatic rings. The number of alkyl halides is 2. The monoisotopic (exact) mass is 633 g/mol. The Labute approximate surface area is 261 Å². The maximum Gasteiger partial charge on any atom is 0.257 e. The Morgan fingerprint density at radius 3 is 2.49 bits per heavy atom. The molecule has 1 atom stereocenters. The molecule has 2 N–H and O–H groups in total. The van der Waals surface area contributed by atoms with Crippen LogP contribution in [0.5, 0.6) is 0 Å². The maximum absolute atomic E-state index is 14.3. The van der Waals surface area contributed by atoms with Gasteiger partial charge in [0.15, 0.2) is 5.67 Å². The minimum atomic E-state index is -2.02. The van der Waals surface area contributed by atoms with Gasteiger partial charge in [-0.25, -0.2) is 13.8 Å². The van der Waals surface area contributed by atoms with Gasteiger partial charge in [-0.2, -0.15) is 0 Å². The van der Waals surface area contributed by atoms with Crippen LogP contribution in [0.15, 0.2) is 24.3 Å². The minimum absolute atomic E-state index is 0.0465. The third kappa shape index (κ3) is 6.93. The molecule has 2 fully saturated rings. The van der Waals surface area contributed by atoms with Crippen LogP contribution in [0.25, 0.3) is 11.0 Å². The SMILES string of the molecule is CC1CCC(NC(=O)c2cc3nc(Cc4c(Cl)ccc(CNC(=O)C(C)(C)F)c4Cl)n(C)c3cc2N2CC[C@@H](F)C2)CC1. The number of rotatable bonds is 8. The van der Waals surface area contributed by atoms with Crippen LogP contribution in [0.2, 0.25) is 10.0 Å². The van der Waals surface area contributed by atoms with E-state index in [9.17, 15) is 18.4 Å². The number of amides is 2. The number of carbonyl (C=O) groups excluding carboxylic acids is 2. The number of aromatic nitrogens is 2. The molecule has 7 nitrogen and oxygen atoms in total. The van der Waals surface area contributed by atoms with Crippen LogP contribution >= 0.6 is 23.2 Å². The Balaban J connectivity index is 1.46. The smallest absolute Gasteiger partial charge is 0.257 e. The molecule has 0 spiro atoms. The Morgan fingerprint density at radius 1 is 1.12 bits per heavy atom. The van der Waals surface area contributed by atoms with E-state index in [4.69, 9.17) is 28.2 Å². The van der Waals surface area contributed by atoms with E-state index in [1.165, 1.54) is 13.8 Å². The molecule has 11 heteroatoms. The van der Waals surface area contributed by atoms with E-state index in [0.717, 1.165) is 31.2 Å². The molecule has 232 valence electrons. The average Bonchev–Trinajstić information content (AvgIpc) is 3.52. The van der Waals surface area contributed by atoms with Gasteiger partial charge in [-0.3, -0.25) is 9.59 Å². The molecular formula is C32H39Cl2F2N5O2. The quantitative estimate of drug-likeness (QED) is 0.290. The average molecular weight is 635 g/mol. The van der Waals surface area contributed by atoms with Gasteiger partial charge in [0.1, 0.15) is 12.0 Å². The van der Waals surface area contributed by atoms with Gasteiger partial charge in [0.05, 0.1) is 27.3 Å². The molecule has 0 unspecified atom stereocenters. The fourth-order valence-corrected chi connectivity index (χ4v) is 6.54. The third-order valence-electron chi connectivity index (χ3n) is 8.74. The van der Waals surface area contributed by atoms with E-state index in [1.807, 2.05) is 22.6 Å². The van der Waals surface area contributed by atoms with Gasteiger partial charge in [0, 0.05) is 44.2 Å². The predicted molar refractivity (Wildman–Crippen MR) is 168 cm³/mol. The molecule has 2 heterocycles. The molecule has 1 aliphatic carbocycles. The van der Waals surface area contributed by atoms with Crippen molar-refractivity contribution >= 4 is 51.7 Å². The van der Waals surface area contributed by atoms with Gasteiger partial charge < -0.3 is 20.1 Å². The molecule has 2 aromatic carbocycles. The summed E-state index contributed by atoms with van der Waals surface area (Å²) in [6.45, 7) is 5.45. The highest BCUT2D eigenvalue weighted by Crippen LogP contribution is 2.34. The second-order valence-electron chi connectivity index (χ2n) is 12.5. The van der Waals surface area contributed by atoms with E-state index in [2.05, 4.69) is 17.6 Å². The molecular weight excluding hydrogens is 595 g/mol. The first-order valence-corrected chi connectivity index (χ1v) is 15.7. The highest BCUT2D eigenvalue weighted by molar-refractivity contribution is 6.36. The number of benzene rings is 2. The molecule has 1 saturated carbocycles. The van der Waals surface area contributed by atoms with Crippen molar-refractivity contribution in [2.45, 2.75) is 83.7 Å². The van der Waals surface area contributed by atoms with Crippen LogP contribution < -0.4 is 15.5 Å². The van der Waals surface area contributed by atoms with Crippen LogP contribution in [0.1, 0.15) is 80.2 Å². The largest absolute Gasteiger partial charge is 0.368 e. The summed E-state index contributed by atoms with van der Waals surface area (Å²) in [6, 6.07) is 7.24. The molecule has 1 saturated heterocycles. The van der Waals surface area contributed by atoms with Crippen molar-refractivity contribution in [2.75, 3.05) is 18.0 Å². The van der Waals surface area contributed by atoms with E-state index < -0.39 is 17.7 Å². The summed E-state index contributed by atoms with van der Waals surface area (Å²) in [6.07, 6.45) is 3.84. The van der Waals surface area contributed by atoms with E-state index in [-0.39, 0.29) is 31.5 Å². The van der Waals surface area contributed by atoms with Crippen LogP contribution in [-0.4, -0.2) is 52.3 Å². The number of hydrogen-bond acceptors (Lipinski definition) is 4. The van der Waals surface area contributed by atoms with Crippen LogP contribution in [0.4, 0.5) is 14.5 Å². The maximum atomic E-state index is 14.3. The van der Waals surface area contributed by atoms with Gasteiger partial charge in [0.25, 0.3) is 11.8 Å². The molecule has 0 bridgehead atoms. The first kappa shape index (κ1) is 31.5. The van der Waals surface area contributed by atoms with Gasteiger partial charge in [0.2, 0.25) is 0 Å². The summed E-state index contributed by atoms with van der Waals surface area (Å²) in [7, 11) is 1.88. The van der Waals surface area contributed by atoms with Crippen molar-refractivity contribution in [1.29, 1.82) is 0 Å². The van der Waals surface area contributed by atoms with Crippen molar-refractivity contribution in [3.8, 4) is 0 Å². The molecule has 5 rings (SSSR count). The van der Waals surface area contributed by atoms with Crippen molar-refractivity contribution < 1.29 is 18.4 Å². The Kier molecular flexibility index (Phi) is 9.23. The van der Waals surface area contributed by atoms with E-state index in [0.29, 0.717) is 62.6 Å². The lowest BCUT2D eigenvalue weighted by Gasteiger charge is -2.28. The lowest BCUT2D eigenvalue weighted by molar-refractivity contribution is -0.130. The van der Waals surface area contributed by atoms with Gasteiger partial charge in [-0.05, 0) is 81.2 Å². The fraction of sp³-hybridized carbons (Fsp3) is 0.531. The number of aryl methyl sites for hydroxylation is 1. The standard InChI is InChI=1S/C32H39Cl2F2N5O2/c1-18-5-8-21(9-6-18)38-30(42)23-13-25-27(15-26(23)41-12-11-20(35)17-41)40(4)28(39-25)14-22-24(33)10-7-19(29(22)34)16-37-31(43)32(2,3)36/h7,10,13,15,18,20-21H,5-6,8-9,11-12,14,16-17H2,1-4H3,(H,37,43)(H,38,42)/t18?,20-,21?/m1/s1. The van der Waals surface area contributed by atoms with E-state index in [1.54, 1.807) is 18.2 Å². The normalized spacial score (nSPS) is 20.9. The zero-order chi connectivity index (χ0) is 31.1. The molecule has 1 aliphatic heterocycles. The third-order valence-corrected chi connectivity index (χ3v) is 9.56. The van der Waals surface area contributed by atoms with Gasteiger partial charge >= 0.3 is 0 Å². The van der Waals surface area contributed by atoms with Crippen molar-refractivity contribution in [1.82, 2.24) is 20.2 Å². The zero-order valence-corrected chi connectivity index (χ0v) is 26.6. The topological polar surface area (TPSA) is 79.3 Å². The fourth-order valence-electron chi connectivity index (χ4n) is 5.97. The number of nitrogens with zero attached hydrogens (tertiary/aromatic N) is 3. The van der Waals surface area contributed by atoms with Gasteiger partial charge in [-0.1, -0.05) is 36.2 Å². The highest BCUT2D eigenvalue weighted by Gasteiger charge is 2.29. The number of imidazole rings is 1. The summed E-state index contributed by atoms with van der Waals surface area (Å²) in [5.41, 5.74) is 1.85. The second-order valence-corrected chi connectivity index (χ2v) is 13.3. The number of carbonyl (C=O) groups is 2. The molecule has 2 amide bonds. The molecule has 43 heavy (non-hydrogen) atoms. The number of hydrogen-bond donors (Lipinski definition) is 2. The summed E-state index contributed by atoms with van der Waals surface area (Å²) < 4.78 is 30.2. The summed E-state index contributed by atoms with van der Waals surface area (Å²) in [5.74, 6) is 0.436. The Hall–Kier alpha value is -2.91. The zero-order valence-electron chi connectivity index (χ0n) is 25.1. The predicted octanol–water partition coefficient (Wildman–Crippen LogP) is 6.69. The van der Waals surface area contributed by atoms with Crippen molar-refractivity contribution in [3.05, 3.63) is 56.8 Å². The van der Waals surface area contributed by atoms with Crippen molar-refractivity contribution in [3.63, 3.8) is 0 Å². The molecule has 0 radical (unpaired) electrons. The summed E-state index contributed by atoms with van der Waals surface area (Å²) >= 11 is 13.3. The van der Waals surface area contributed by atoms with Crippen molar-refractivity contribution in [2.24, 2.45) is 13.0 Å². The molecule has 2 aliphatic rings. The van der Waals surface area contributed by atoms with Crippen LogP contribution in [0.3, 0.4) is 0 Å². The summed E-state index contributed by atoms with van der Waals surface area (Å²) in [5, 5.41) is 6.60. The number of fused-ring (bicyclic) bond motifs is 1. The first-order chi connectivity index (χ1) is 20.3. The highest BCUT2D eigenvalue weighted by atomic mass is 35.5. The number of halogens is 4. The van der Waals surface area contributed by atoms with E-state index >= 15 is 0 Å². The lowest BCUT2D eigenvalue weighted by Crippen LogP contribution is -2.38. The minimum Gasteiger partial charge on any atom is -0.368 e. The molecule has 1 aromatic heterocycles. The number of anilines is 1. The van der Waals surface area contributed by atoms with Crippen LogP contribution in [0, 0.1) is 5.92 Å².